The van der Waals surface area contributed by atoms with Crippen molar-refractivity contribution in [1.29, 1.82) is 0 Å². The number of hydrogen-bond acceptors (Lipinski definition) is 11. The maximum Gasteiger partial charge on any atom is 0.303 e. The first-order chi connectivity index (χ1) is 16.2. The van der Waals surface area contributed by atoms with Crippen molar-refractivity contribution in [3.05, 3.63) is 11.6 Å². The molecule has 4 rings (SSSR count). The fourth-order valence-corrected chi connectivity index (χ4v) is 4.51. The number of piperidine rings is 1. The van der Waals surface area contributed by atoms with Gasteiger partial charge in [-0.05, 0) is 30.9 Å². The first-order valence-electron chi connectivity index (χ1n) is 11.0. The summed E-state index contributed by atoms with van der Waals surface area (Å²) in [5, 5.41) is 0.0315. The van der Waals surface area contributed by atoms with E-state index in [1.54, 1.807) is 4.57 Å². The van der Waals surface area contributed by atoms with E-state index < -0.39 is 42.4 Å². The van der Waals surface area contributed by atoms with Crippen LogP contribution in [0.5, 0.6) is 0 Å². The number of imidazole rings is 1. The molecule has 0 N–H and O–H groups in total. The third-order valence-corrected chi connectivity index (χ3v) is 5.80. The highest BCUT2D eigenvalue weighted by Crippen LogP contribution is 2.34. The summed E-state index contributed by atoms with van der Waals surface area (Å²) in [7, 11) is 0. The van der Waals surface area contributed by atoms with E-state index in [0.717, 1.165) is 32.4 Å². The summed E-state index contributed by atoms with van der Waals surface area (Å²) in [6.07, 6.45) is 0.487. The lowest BCUT2D eigenvalue weighted by Crippen LogP contribution is -2.55. The molecule has 2 aromatic heterocycles. The van der Waals surface area contributed by atoms with Gasteiger partial charge in [0.25, 0.3) is 0 Å². The Kier molecular flexibility index (Phi) is 7.17. The van der Waals surface area contributed by atoms with Crippen LogP contribution in [-0.2, 0) is 33.3 Å². The molecule has 4 atom stereocenters. The molecule has 12 nitrogen and oxygen atoms in total. The van der Waals surface area contributed by atoms with E-state index in [9.17, 15) is 14.4 Å². The molecule has 0 aromatic carbocycles. The maximum atomic E-state index is 12.0. The Bertz CT molecular complexity index is 1090. The number of hydrogen-bond donors (Lipinski definition) is 0. The highest BCUT2D eigenvalue weighted by Gasteiger charge is 2.48. The molecule has 184 valence electrons. The lowest BCUT2D eigenvalue weighted by molar-refractivity contribution is -0.239. The molecule has 2 aromatic rings. The zero-order valence-corrected chi connectivity index (χ0v) is 19.9. The fraction of sp³-hybridized carbons (Fsp3) is 0.619. The number of nitrogens with zero attached hydrogens (tertiary/aromatic N) is 5. The number of carbonyl (C=O) groups excluding carboxylic acids is 3. The van der Waals surface area contributed by atoms with Crippen LogP contribution in [0.2, 0.25) is 5.28 Å². The molecule has 0 radical (unpaired) electrons. The van der Waals surface area contributed by atoms with Gasteiger partial charge in [-0.25, -0.2) is 4.98 Å². The van der Waals surface area contributed by atoms with Crippen LogP contribution in [0.4, 0.5) is 5.82 Å². The minimum Gasteiger partial charge on any atom is -0.456 e. The number of carbonyl (C=O) groups is 3. The largest absolute Gasteiger partial charge is 0.456 e. The average Bonchev–Trinajstić information content (AvgIpc) is 3.18. The SMILES string of the molecule is CC(=O)O[C@@H]1[C@H](OC(C)=O)[C@H](OC(C)=O)CO[C@@H]1n1cnc2c(N3CCCCC3)nc(Cl)nc21. The van der Waals surface area contributed by atoms with Gasteiger partial charge in [-0.2, -0.15) is 9.97 Å². The second kappa shape index (κ2) is 10.1. The Hall–Kier alpha value is -2.99. The highest BCUT2D eigenvalue weighted by molar-refractivity contribution is 6.28. The standard InChI is InChI=1S/C21H26ClN5O7/c1-11(28)32-14-9-31-20(17(34-13(3)30)16(14)33-12(2)29)27-10-23-15-18(24-21(22)25-19(15)27)26-7-5-4-6-8-26/h10,14,16-17,20H,4-9H2,1-3H3/t14-,16-,17-,20+/m1/s1. The lowest BCUT2D eigenvalue weighted by Gasteiger charge is -2.40. The Morgan fingerprint density at radius 3 is 2.26 bits per heavy atom. The second-order valence-electron chi connectivity index (χ2n) is 8.21. The van der Waals surface area contributed by atoms with Crippen molar-refractivity contribution in [1.82, 2.24) is 19.5 Å². The molecule has 4 heterocycles. The normalized spacial score (nSPS) is 25.1. The maximum absolute atomic E-state index is 12.0. The molecular formula is C21H26ClN5O7. The number of fused-ring (bicyclic) bond motifs is 1. The Morgan fingerprint density at radius 1 is 0.971 bits per heavy atom. The Morgan fingerprint density at radius 2 is 1.62 bits per heavy atom. The number of esters is 3. The monoisotopic (exact) mass is 495 g/mol. The molecule has 0 saturated carbocycles. The number of anilines is 1. The van der Waals surface area contributed by atoms with Crippen LogP contribution in [0.15, 0.2) is 6.33 Å². The smallest absolute Gasteiger partial charge is 0.303 e. The molecular weight excluding hydrogens is 470 g/mol. The topological polar surface area (TPSA) is 135 Å². The van der Waals surface area contributed by atoms with Crippen LogP contribution in [0.1, 0.15) is 46.3 Å². The van der Waals surface area contributed by atoms with Crippen molar-refractivity contribution in [3.63, 3.8) is 0 Å². The highest BCUT2D eigenvalue weighted by atomic mass is 35.5. The minimum absolute atomic E-state index is 0.0315. The summed E-state index contributed by atoms with van der Waals surface area (Å²) >= 11 is 6.27. The van der Waals surface area contributed by atoms with Crippen LogP contribution in [-0.4, -0.2) is 75.4 Å². The molecule has 2 aliphatic rings. The molecule has 0 amide bonds. The number of halogens is 1. The van der Waals surface area contributed by atoms with E-state index in [1.165, 1.54) is 27.1 Å². The van der Waals surface area contributed by atoms with Gasteiger partial charge in [-0.1, -0.05) is 0 Å². The predicted octanol–water partition coefficient (Wildman–Crippen LogP) is 1.79. The van der Waals surface area contributed by atoms with E-state index >= 15 is 0 Å². The summed E-state index contributed by atoms with van der Waals surface area (Å²) in [5.74, 6) is -1.24. The van der Waals surface area contributed by atoms with Crippen LogP contribution in [0, 0.1) is 0 Å². The van der Waals surface area contributed by atoms with E-state index in [2.05, 4.69) is 19.9 Å². The fourth-order valence-electron chi connectivity index (χ4n) is 4.35. The molecule has 0 spiro atoms. The van der Waals surface area contributed by atoms with Gasteiger partial charge in [0.2, 0.25) is 5.28 Å². The van der Waals surface area contributed by atoms with Gasteiger partial charge < -0.3 is 23.8 Å². The Balaban J connectivity index is 1.76. The van der Waals surface area contributed by atoms with E-state index in [-0.39, 0.29) is 11.9 Å². The first-order valence-corrected chi connectivity index (χ1v) is 11.4. The van der Waals surface area contributed by atoms with Crippen LogP contribution >= 0.6 is 11.6 Å². The van der Waals surface area contributed by atoms with E-state index in [1.807, 2.05) is 0 Å². The van der Waals surface area contributed by atoms with Crippen molar-refractivity contribution >= 4 is 46.5 Å². The van der Waals surface area contributed by atoms with E-state index in [4.69, 9.17) is 30.5 Å². The third-order valence-electron chi connectivity index (χ3n) is 5.63. The Labute approximate surface area is 200 Å². The number of aromatic nitrogens is 4. The predicted molar refractivity (Wildman–Crippen MR) is 118 cm³/mol. The van der Waals surface area contributed by atoms with Crippen LogP contribution in [0.3, 0.4) is 0 Å². The van der Waals surface area contributed by atoms with Crippen LogP contribution in [0.25, 0.3) is 11.2 Å². The summed E-state index contributed by atoms with van der Waals surface area (Å²) in [5.41, 5.74) is 0.887. The summed E-state index contributed by atoms with van der Waals surface area (Å²) in [4.78, 5) is 50.8. The number of ether oxygens (including phenoxy) is 4. The molecule has 2 aliphatic heterocycles. The first kappa shape index (κ1) is 24.1. The molecule has 2 fully saturated rings. The van der Waals surface area contributed by atoms with E-state index in [0.29, 0.717) is 17.0 Å². The van der Waals surface area contributed by atoms with Gasteiger partial charge in [0.15, 0.2) is 41.5 Å². The third kappa shape index (κ3) is 5.07. The molecule has 34 heavy (non-hydrogen) atoms. The zero-order chi connectivity index (χ0) is 24.4. The van der Waals surface area contributed by atoms with Gasteiger partial charge in [0, 0.05) is 33.9 Å². The summed E-state index contributed by atoms with van der Waals surface area (Å²) < 4.78 is 23.7. The molecule has 13 heteroatoms. The van der Waals surface area contributed by atoms with Crippen molar-refractivity contribution in [2.75, 3.05) is 24.6 Å². The van der Waals surface area contributed by atoms with Gasteiger partial charge in [0.1, 0.15) is 0 Å². The number of rotatable bonds is 5. The summed E-state index contributed by atoms with van der Waals surface area (Å²) in [6, 6.07) is 0. The second-order valence-corrected chi connectivity index (χ2v) is 8.55. The van der Waals surface area contributed by atoms with Gasteiger partial charge >= 0.3 is 17.9 Å². The lowest BCUT2D eigenvalue weighted by atomic mass is 10.0. The van der Waals surface area contributed by atoms with Gasteiger partial charge in [-0.3, -0.25) is 19.0 Å². The van der Waals surface area contributed by atoms with Crippen molar-refractivity contribution in [3.8, 4) is 0 Å². The van der Waals surface area contributed by atoms with Crippen molar-refractivity contribution in [2.24, 2.45) is 0 Å². The van der Waals surface area contributed by atoms with Crippen molar-refractivity contribution in [2.45, 2.75) is 64.6 Å². The molecule has 2 saturated heterocycles. The average molecular weight is 496 g/mol. The van der Waals surface area contributed by atoms with Crippen molar-refractivity contribution < 1.29 is 33.3 Å². The quantitative estimate of drug-likeness (QED) is 0.341. The minimum atomic E-state index is -1.15. The van der Waals surface area contributed by atoms with Gasteiger partial charge in [0.05, 0.1) is 12.9 Å². The molecule has 0 aliphatic carbocycles. The molecule has 0 bridgehead atoms. The molecule has 0 unspecified atom stereocenters. The van der Waals surface area contributed by atoms with Crippen LogP contribution < -0.4 is 4.90 Å². The zero-order valence-electron chi connectivity index (χ0n) is 19.1. The van der Waals surface area contributed by atoms with Gasteiger partial charge in [-0.15, -0.1) is 0 Å². The summed E-state index contributed by atoms with van der Waals surface area (Å²) in [6.45, 7) is 5.19.